The molecular formula is C14H22FN3O2S. The van der Waals surface area contributed by atoms with Gasteiger partial charge in [-0.1, -0.05) is 12.1 Å². The lowest BCUT2D eigenvalue weighted by atomic mass is 10.2. The summed E-state index contributed by atoms with van der Waals surface area (Å²) in [7, 11) is -1.56. The summed E-state index contributed by atoms with van der Waals surface area (Å²) in [6.45, 7) is 4.03. The van der Waals surface area contributed by atoms with Crippen molar-refractivity contribution in [2.24, 2.45) is 4.99 Å². The van der Waals surface area contributed by atoms with Crippen molar-refractivity contribution in [3.63, 3.8) is 0 Å². The zero-order valence-electron chi connectivity index (χ0n) is 12.8. The van der Waals surface area contributed by atoms with Gasteiger partial charge in [0, 0.05) is 26.4 Å². The second kappa shape index (κ2) is 6.89. The van der Waals surface area contributed by atoms with Crippen molar-refractivity contribution in [2.45, 2.75) is 25.1 Å². The summed E-state index contributed by atoms with van der Waals surface area (Å²) in [5.41, 5.74) is 0.904. The lowest BCUT2D eigenvalue weighted by Crippen LogP contribution is -2.47. The minimum atomic E-state index is -3.17. The van der Waals surface area contributed by atoms with Gasteiger partial charge in [0.1, 0.15) is 5.82 Å². The predicted octanol–water partition coefficient (Wildman–Crippen LogP) is 1.31. The second-order valence-electron chi connectivity index (χ2n) is 5.44. The van der Waals surface area contributed by atoms with Crippen LogP contribution < -0.4 is 10.6 Å². The molecular weight excluding hydrogens is 293 g/mol. The van der Waals surface area contributed by atoms with Crippen LogP contribution in [-0.4, -0.2) is 39.0 Å². The molecule has 0 spiro atoms. The van der Waals surface area contributed by atoms with E-state index in [9.17, 15) is 12.8 Å². The molecule has 0 saturated heterocycles. The number of nitrogens with zero attached hydrogens (tertiary/aromatic N) is 1. The third kappa shape index (κ3) is 5.34. The first-order valence-corrected chi connectivity index (χ1v) is 8.43. The normalized spacial score (nSPS) is 13.1. The molecule has 0 radical (unpaired) electrons. The maximum absolute atomic E-state index is 12.8. The van der Waals surface area contributed by atoms with E-state index in [0.717, 1.165) is 5.56 Å². The van der Waals surface area contributed by atoms with Crippen molar-refractivity contribution < 1.29 is 12.8 Å². The number of hydrogen-bond donors (Lipinski definition) is 2. The maximum atomic E-state index is 12.8. The Morgan fingerprint density at radius 3 is 2.29 bits per heavy atom. The Morgan fingerprint density at radius 2 is 1.81 bits per heavy atom. The van der Waals surface area contributed by atoms with E-state index in [4.69, 9.17) is 0 Å². The van der Waals surface area contributed by atoms with Crippen molar-refractivity contribution in [1.82, 2.24) is 10.6 Å². The van der Waals surface area contributed by atoms with Crippen molar-refractivity contribution in [3.8, 4) is 0 Å². The van der Waals surface area contributed by atoms with Gasteiger partial charge in [-0.05, 0) is 31.5 Å². The molecule has 0 bridgehead atoms. The van der Waals surface area contributed by atoms with Gasteiger partial charge in [-0.25, -0.2) is 12.8 Å². The van der Waals surface area contributed by atoms with Crippen LogP contribution in [0.5, 0.6) is 0 Å². The highest BCUT2D eigenvalue weighted by Crippen LogP contribution is 2.13. The van der Waals surface area contributed by atoms with Crippen molar-refractivity contribution >= 4 is 15.8 Å². The van der Waals surface area contributed by atoms with Crippen LogP contribution in [0.2, 0.25) is 0 Å². The van der Waals surface area contributed by atoms with Crippen LogP contribution in [0.3, 0.4) is 0 Å². The van der Waals surface area contributed by atoms with E-state index in [1.165, 1.54) is 18.4 Å². The summed E-state index contributed by atoms with van der Waals surface area (Å²) < 4.78 is 35.2. The Balaban J connectivity index is 2.55. The second-order valence-corrected chi connectivity index (χ2v) is 8.09. The summed E-state index contributed by atoms with van der Waals surface area (Å²) in [6.07, 6.45) is 1.21. The predicted molar refractivity (Wildman–Crippen MR) is 83.5 cm³/mol. The molecule has 1 rings (SSSR count). The van der Waals surface area contributed by atoms with Crippen LogP contribution >= 0.6 is 0 Å². The standard InChI is InChI=1S/C14H22FN3O2S/c1-14(2,21(4,19)20)10-18-13(16-3)17-9-11-5-7-12(15)8-6-11/h5-8H,9-10H2,1-4H3,(H2,16,17,18). The number of nitrogens with one attached hydrogen (secondary N) is 2. The van der Waals surface area contributed by atoms with E-state index >= 15 is 0 Å². The molecule has 0 aromatic heterocycles. The molecule has 0 atom stereocenters. The molecule has 1 aromatic rings. The number of sulfone groups is 1. The number of aliphatic imine (C=N–C) groups is 1. The van der Waals surface area contributed by atoms with E-state index in [1.54, 1.807) is 33.0 Å². The van der Waals surface area contributed by atoms with Gasteiger partial charge >= 0.3 is 0 Å². The molecule has 0 aliphatic heterocycles. The van der Waals surface area contributed by atoms with Gasteiger partial charge in [0.05, 0.1) is 4.75 Å². The van der Waals surface area contributed by atoms with E-state index in [0.29, 0.717) is 12.5 Å². The monoisotopic (exact) mass is 315 g/mol. The molecule has 0 heterocycles. The molecule has 0 amide bonds. The van der Waals surface area contributed by atoms with E-state index in [1.807, 2.05) is 0 Å². The Bertz CT molecular complexity index is 595. The molecule has 5 nitrogen and oxygen atoms in total. The van der Waals surface area contributed by atoms with Crippen LogP contribution in [-0.2, 0) is 16.4 Å². The van der Waals surface area contributed by atoms with Gasteiger partial charge in [0.15, 0.2) is 15.8 Å². The quantitative estimate of drug-likeness (QED) is 0.635. The molecule has 1 aromatic carbocycles. The maximum Gasteiger partial charge on any atom is 0.191 e. The SMILES string of the molecule is CN=C(NCc1ccc(F)cc1)NCC(C)(C)S(C)(=O)=O. The summed E-state index contributed by atoms with van der Waals surface area (Å²) in [6, 6.07) is 6.13. The molecule has 21 heavy (non-hydrogen) atoms. The van der Waals surface area contributed by atoms with Crippen molar-refractivity contribution in [2.75, 3.05) is 19.8 Å². The molecule has 7 heteroatoms. The molecule has 0 unspecified atom stereocenters. The largest absolute Gasteiger partial charge is 0.355 e. The van der Waals surface area contributed by atoms with Gasteiger partial charge in [-0.2, -0.15) is 0 Å². The number of halogens is 1. The van der Waals surface area contributed by atoms with Crippen LogP contribution in [0.15, 0.2) is 29.3 Å². The van der Waals surface area contributed by atoms with Crippen molar-refractivity contribution in [3.05, 3.63) is 35.6 Å². The third-order valence-electron chi connectivity index (χ3n) is 3.28. The zero-order chi connectivity index (χ0) is 16.1. The number of rotatable bonds is 5. The molecule has 0 saturated carbocycles. The molecule has 118 valence electrons. The van der Waals surface area contributed by atoms with Gasteiger partial charge in [0.2, 0.25) is 0 Å². The summed E-state index contributed by atoms with van der Waals surface area (Å²) >= 11 is 0. The lowest BCUT2D eigenvalue weighted by Gasteiger charge is -2.24. The fourth-order valence-corrected chi connectivity index (χ4v) is 1.77. The summed E-state index contributed by atoms with van der Waals surface area (Å²) in [5, 5.41) is 6.03. The first-order valence-electron chi connectivity index (χ1n) is 6.54. The average Bonchev–Trinajstić information content (AvgIpc) is 2.39. The van der Waals surface area contributed by atoms with Crippen molar-refractivity contribution in [1.29, 1.82) is 0 Å². The fourth-order valence-electron chi connectivity index (χ4n) is 1.44. The molecule has 2 N–H and O–H groups in total. The third-order valence-corrected chi connectivity index (χ3v) is 5.43. The topological polar surface area (TPSA) is 70.6 Å². The smallest absolute Gasteiger partial charge is 0.191 e. The highest BCUT2D eigenvalue weighted by Gasteiger charge is 2.30. The van der Waals surface area contributed by atoms with Gasteiger partial charge in [-0.3, -0.25) is 4.99 Å². The Kier molecular flexibility index (Phi) is 5.71. The fraction of sp³-hybridized carbons (Fsp3) is 0.500. The van der Waals surface area contributed by atoms with E-state index in [-0.39, 0.29) is 12.4 Å². The minimum absolute atomic E-state index is 0.245. The molecule has 0 aliphatic rings. The van der Waals surface area contributed by atoms with Crippen LogP contribution in [0.25, 0.3) is 0 Å². The Morgan fingerprint density at radius 1 is 1.24 bits per heavy atom. The van der Waals surface area contributed by atoms with Gasteiger partial charge < -0.3 is 10.6 Å². The summed E-state index contributed by atoms with van der Waals surface area (Å²) in [5.74, 6) is 0.215. The minimum Gasteiger partial charge on any atom is -0.355 e. The van der Waals surface area contributed by atoms with Crippen LogP contribution in [0, 0.1) is 5.82 Å². The molecule has 0 fully saturated rings. The van der Waals surface area contributed by atoms with Crippen LogP contribution in [0.1, 0.15) is 19.4 Å². The van der Waals surface area contributed by atoms with E-state index < -0.39 is 14.6 Å². The van der Waals surface area contributed by atoms with Gasteiger partial charge in [0.25, 0.3) is 0 Å². The van der Waals surface area contributed by atoms with E-state index in [2.05, 4.69) is 15.6 Å². The molecule has 0 aliphatic carbocycles. The number of hydrogen-bond acceptors (Lipinski definition) is 3. The Labute approximate surface area is 125 Å². The first-order chi connectivity index (χ1) is 9.65. The highest BCUT2D eigenvalue weighted by atomic mass is 32.2. The number of benzene rings is 1. The Hall–Kier alpha value is -1.63. The average molecular weight is 315 g/mol. The zero-order valence-corrected chi connectivity index (χ0v) is 13.6. The highest BCUT2D eigenvalue weighted by molar-refractivity contribution is 7.92. The summed E-state index contributed by atoms with van der Waals surface area (Å²) in [4.78, 5) is 4.03. The van der Waals surface area contributed by atoms with Gasteiger partial charge in [-0.15, -0.1) is 0 Å². The first kappa shape index (κ1) is 17.4. The lowest BCUT2D eigenvalue weighted by molar-refractivity contribution is 0.544. The van der Waals surface area contributed by atoms with Crippen LogP contribution in [0.4, 0.5) is 4.39 Å². The number of guanidine groups is 1.